The first-order chi connectivity index (χ1) is 14.4. The quantitative estimate of drug-likeness (QED) is 0.298. The molecule has 0 aromatic heterocycles. The molecule has 1 amide bonds. The first kappa shape index (κ1) is 25.7. The molecule has 0 bridgehead atoms. The van der Waals surface area contributed by atoms with Crippen molar-refractivity contribution in [2.24, 2.45) is 4.99 Å². The van der Waals surface area contributed by atoms with E-state index in [4.69, 9.17) is 4.74 Å². The third-order valence-corrected chi connectivity index (χ3v) is 7.09. The number of carbonyl (C=O) groups excluding carboxylic acids is 1. The normalized spacial score (nSPS) is 21.3. The lowest BCUT2D eigenvalue weighted by Gasteiger charge is -2.34. The number of rotatable bonds is 7. The number of benzene rings is 1. The van der Waals surface area contributed by atoms with Crippen LogP contribution in [0, 0.1) is 0 Å². The van der Waals surface area contributed by atoms with Gasteiger partial charge in [-0.1, -0.05) is 18.2 Å². The van der Waals surface area contributed by atoms with Crippen LogP contribution in [0.1, 0.15) is 32.6 Å². The average molecular weight is 564 g/mol. The molecule has 0 aliphatic carbocycles. The molecule has 1 atom stereocenters. The van der Waals surface area contributed by atoms with Gasteiger partial charge in [0.25, 0.3) is 0 Å². The number of aliphatic imine (C=N–C) groups is 1. The monoisotopic (exact) mass is 564 g/mol. The van der Waals surface area contributed by atoms with E-state index in [9.17, 15) is 13.2 Å². The summed E-state index contributed by atoms with van der Waals surface area (Å²) in [6.07, 6.45) is 2.77. The van der Waals surface area contributed by atoms with Gasteiger partial charge in [0.2, 0.25) is 5.91 Å². The second kappa shape index (κ2) is 12.5. The van der Waals surface area contributed by atoms with Crippen LogP contribution >= 0.6 is 24.0 Å². The lowest BCUT2D eigenvalue weighted by atomic mass is 10.1. The van der Waals surface area contributed by atoms with Crippen LogP contribution in [0.3, 0.4) is 0 Å². The number of hydrogen-bond donors (Lipinski definition) is 2. The Hall–Kier alpha value is -1.56. The number of ether oxygens (including phenoxy) is 1. The van der Waals surface area contributed by atoms with Gasteiger partial charge in [-0.25, -0.2) is 8.42 Å². The predicted molar refractivity (Wildman–Crippen MR) is 133 cm³/mol. The molecule has 31 heavy (non-hydrogen) atoms. The van der Waals surface area contributed by atoms with Crippen LogP contribution < -0.4 is 15.4 Å². The molecule has 3 rings (SSSR count). The van der Waals surface area contributed by atoms with E-state index >= 15 is 0 Å². The number of likely N-dealkylation sites (tertiary alicyclic amines) is 1. The van der Waals surface area contributed by atoms with Gasteiger partial charge >= 0.3 is 0 Å². The summed E-state index contributed by atoms with van der Waals surface area (Å²) in [5.74, 6) is 1.77. The summed E-state index contributed by atoms with van der Waals surface area (Å²) in [4.78, 5) is 18.9. The second-order valence-corrected chi connectivity index (χ2v) is 10.00. The molecule has 8 nitrogen and oxygen atoms in total. The summed E-state index contributed by atoms with van der Waals surface area (Å²) in [5, 5.41) is 6.11. The van der Waals surface area contributed by atoms with Crippen LogP contribution in [-0.2, 0) is 14.6 Å². The van der Waals surface area contributed by atoms with E-state index in [2.05, 4.69) is 20.5 Å². The zero-order valence-corrected chi connectivity index (χ0v) is 21.1. The molecule has 0 radical (unpaired) electrons. The topological polar surface area (TPSA) is 100 Å². The van der Waals surface area contributed by atoms with E-state index in [1.54, 1.807) is 0 Å². The van der Waals surface area contributed by atoms with Crippen molar-refractivity contribution >= 4 is 45.7 Å². The Bertz CT molecular complexity index is 827. The van der Waals surface area contributed by atoms with Crippen LogP contribution in [0.2, 0.25) is 0 Å². The van der Waals surface area contributed by atoms with Gasteiger partial charge in [-0.15, -0.1) is 24.0 Å². The van der Waals surface area contributed by atoms with Gasteiger partial charge in [-0.2, -0.15) is 0 Å². The highest BCUT2D eigenvalue weighted by Gasteiger charge is 2.28. The second-order valence-electron chi connectivity index (χ2n) is 7.77. The lowest BCUT2D eigenvalue weighted by molar-refractivity contribution is -0.121. The van der Waals surface area contributed by atoms with Crippen molar-refractivity contribution in [2.75, 3.05) is 37.7 Å². The molecular weight excluding hydrogens is 531 g/mol. The predicted octanol–water partition coefficient (Wildman–Crippen LogP) is 1.81. The summed E-state index contributed by atoms with van der Waals surface area (Å²) in [7, 11) is -2.99. The average Bonchev–Trinajstić information content (AvgIpc) is 3.07. The molecule has 1 aromatic rings. The molecule has 174 valence electrons. The molecule has 2 saturated heterocycles. The molecule has 1 aromatic carbocycles. The Morgan fingerprint density at radius 2 is 1.90 bits per heavy atom. The summed E-state index contributed by atoms with van der Waals surface area (Å²) in [6, 6.07) is 9.62. The van der Waals surface area contributed by atoms with Gasteiger partial charge in [-0.05, 0) is 25.5 Å². The summed E-state index contributed by atoms with van der Waals surface area (Å²) in [5.41, 5.74) is 0. The standard InChI is InChI=1S/C21H32N4O4S.HI/c1-2-22-21(23-12-8-20(26)24-17-11-15-30(27,28)16-17)25-13-9-19(10-14-25)29-18-6-4-3-5-7-18;/h3-7,17,19H,2,8-16H2,1H3,(H,22,23)(H,24,26);1H. The summed E-state index contributed by atoms with van der Waals surface area (Å²) in [6.45, 7) is 4.83. The summed E-state index contributed by atoms with van der Waals surface area (Å²) >= 11 is 0. The molecular formula is C21H33IN4O4S. The first-order valence-electron chi connectivity index (χ1n) is 10.7. The van der Waals surface area contributed by atoms with E-state index in [0.29, 0.717) is 13.0 Å². The van der Waals surface area contributed by atoms with Gasteiger partial charge in [-0.3, -0.25) is 9.79 Å². The van der Waals surface area contributed by atoms with Gasteiger partial charge in [0.05, 0.1) is 18.1 Å². The van der Waals surface area contributed by atoms with Crippen LogP contribution in [0.25, 0.3) is 0 Å². The molecule has 10 heteroatoms. The number of piperidine rings is 1. The fourth-order valence-corrected chi connectivity index (χ4v) is 5.45. The maximum Gasteiger partial charge on any atom is 0.222 e. The molecule has 2 aliphatic heterocycles. The van der Waals surface area contributed by atoms with Crippen molar-refractivity contribution in [1.29, 1.82) is 0 Å². The van der Waals surface area contributed by atoms with E-state index in [0.717, 1.165) is 44.2 Å². The minimum absolute atomic E-state index is 0. The van der Waals surface area contributed by atoms with Gasteiger partial charge < -0.3 is 20.3 Å². The van der Waals surface area contributed by atoms with Crippen molar-refractivity contribution < 1.29 is 17.9 Å². The zero-order valence-electron chi connectivity index (χ0n) is 18.0. The maximum atomic E-state index is 12.1. The van der Waals surface area contributed by atoms with Crippen LogP contribution in [0.4, 0.5) is 0 Å². The number of carbonyl (C=O) groups is 1. The number of hydrogen-bond acceptors (Lipinski definition) is 5. The van der Waals surface area contributed by atoms with Crippen molar-refractivity contribution in [2.45, 2.75) is 44.8 Å². The number of guanidine groups is 1. The number of nitrogens with one attached hydrogen (secondary N) is 2. The SMILES string of the molecule is CCNC(=NCCC(=O)NC1CCS(=O)(=O)C1)N1CCC(Oc2ccccc2)CC1.I. The van der Waals surface area contributed by atoms with Crippen molar-refractivity contribution in [1.82, 2.24) is 15.5 Å². The Labute approximate surface area is 202 Å². The number of para-hydroxylation sites is 1. The number of halogens is 1. The Morgan fingerprint density at radius 1 is 1.19 bits per heavy atom. The van der Waals surface area contributed by atoms with Gasteiger partial charge in [0.1, 0.15) is 11.9 Å². The number of sulfone groups is 1. The van der Waals surface area contributed by atoms with Gasteiger partial charge in [0.15, 0.2) is 15.8 Å². The van der Waals surface area contributed by atoms with Crippen LogP contribution in [-0.4, -0.2) is 75.0 Å². The highest BCUT2D eigenvalue weighted by molar-refractivity contribution is 14.0. The third kappa shape index (κ3) is 8.47. The van der Waals surface area contributed by atoms with Crippen LogP contribution in [0.15, 0.2) is 35.3 Å². The zero-order chi connectivity index (χ0) is 21.4. The van der Waals surface area contributed by atoms with E-state index in [1.165, 1.54) is 0 Å². The van der Waals surface area contributed by atoms with Crippen LogP contribution in [0.5, 0.6) is 5.75 Å². The van der Waals surface area contributed by atoms with E-state index < -0.39 is 9.84 Å². The molecule has 2 N–H and O–H groups in total. The van der Waals surface area contributed by atoms with E-state index in [1.807, 2.05) is 37.3 Å². The van der Waals surface area contributed by atoms with Crippen molar-refractivity contribution in [3.05, 3.63) is 30.3 Å². The largest absolute Gasteiger partial charge is 0.490 e. The summed E-state index contributed by atoms with van der Waals surface area (Å²) < 4.78 is 29.1. The Balaban J connectivity index is 0.00000341. The number of amides is 1. The molecule has 2 heterocycles. The first-order valence-corrected chi connectivity index (χ1v) is 12.5. The van der Waals surface area contributed by atoms with Crippen molar-refractivity contribution in [3.63, 3.8) is 0 Å². The Kier molecular flexibility index (Phi) is 10.3. The van der Waals surface area contributed by atoms with Gasteiger partial charge in [0, 0.05) is 44.9 Å². The molecule has 0 saturated carbocycles. The molecule has 2 aliphatic rings. The van der Waals surface area contributed by atoms with Crippen molar-refractivity contribution in [3.8, 4) is 5.75 Å². The smallest absolute Gasteiger partial charge is 0.222 e. The fraction of sp³-hybridized carbons (Fsp3) is 0.619. The minimum Gasteiger partial charge on any atom is -0.490 e. The van der Waals surface area contributed by atoms with E-state index in [-0.39, 0.29) is 60.0 Å². The maximum absolute atomic E-state index is 12.1. The highest BCUT2D eigenvalue weighted by Crippen LogP contribution is 2.18. The molecule has 1 unspecified atom stereocenters. The lowest BCUT2D eigenvalue weighted by Crippen LogP contribution is -2.47. The molecule has 0 spiro atoms. The molecule has 2 fully saturated rings. The fourth-order valence-electron chi connectivity index (χ4n) is 3.77. The third-order valence-electron chi connectivity index (χ3n) is 5.32. The number of nitrogens with zero attached hydrogens (tertiary/aromatic N) is 2. The Morgan fingerprint density at radius 3 is 2.52 bits per heavy atom. The minimum atomic E-state index is -2.99. The highest BCUT2D eigenvalue weighted by atomic mass is 127.